The highest BCUT2D eigenvalue weighted by molar-refractivity contribution is 7.99. The van der Waals surface area contributed by atoms with E-state index in [0.29, 0.717) is 22.6 Å². The van der Waals surface area contributed by atoms with Gasteiger partial charge in [-0.2, -0.15) is 0 Å². The van der Waals surface area contributed by atoms with Crippen LogP contribution in [0, 0.1) is 0 Å². The SMILES string of the molecule is CCCCn1c(SCC(=O)N[C@@H](C)c2ccccc2)nc2ccccc2c1=O. The second-order valence-electron chi connectivity index (χ2n) is 6.71. The van der Waals surface area contributed by atoms with Crippen LogP contribution in [0.15, 0.2) is 64.5 Å². The molecule has 0 fully saturated rings. The van der Waals surface area contributed by atoms with Gasteiger partial charge in [0.1, 0.15) is 0 Å². The van der Waals surface area contributed by atoms with Crippen molar-refractivity contribution in [1.82, 2.24) is 14.9 Å². The van der Waals surface area contributed by atoms with Crippen LogP contribution in [0.2, 0.25) is 0 Å². The van der Waals surface area contributed by atoms with Gasteiger partial charge in [0.05, 0.1) is 22.7 Å². The van der Waals surface area contributed by atoms with Gasteiger partial charge >= 0.3 is 0 Å². The number of carbonyl (C=O) groups is 1. The molecule has 0 radical (unpaired) electrons. The minimum atomic E-state index is -0.0780. The molecule has 0 bridgehead atoms. The zero-order chi connectivity index (χ0) is 19.9. The molecule has 0 saturated carbocycles. The van der Waals surface area contributed by atoms with Crippen LogP contribution in [-0.2, 0) is 11.3 Å². The van der Waals surface area contributed by atoms with Gasteiger partial charge in [0, 0.05) is 6.54 Å². The van der Waals surface area contributed by atoms with Crippen LogP contribution in [-0.4, -0.2) is 21.2 Å². The first-order chi connectivity index (χ1) is 13.6. The summed E-state index contributed by atoms with van der Waals surface area (Å²) in [7, 11) is 0. The van der Waals surface area contributed by atoms with E-state index in [0.717, 1.165) is 18.4 Å². The third-order valence-electron chi connectivity index (χ3n) is 4.57. The number of thioether (sulfide) groups is 1. The number of hydrogen-bond acceptors (Lipinski definition) is 4. The number of hydrogen-bond donors (Lipinski definition) is 1. The maximum absolute atomic E-state index is 12.9. The highest BCUT2D eigenvalue weighted by Crippen LogP contribution is 2.19. The Bertz CT molecular complexity index is 1000. The molecule has 0 saturated heterocycles. The molecule has 1 atom stereocenters. The fraction of sp³-hybridized carbons (Fsp3) is 0.318. The Balaban J connectivity index is 1.75. The van der Waals surface area contributed by atoms with Crippen LogP contribution in [0.3, 0.4) is 0 Å². The number of unbranched alkanes of at least 4 members (excludes halogenated alkanes) is 1. The molecule has 2 aromatic carbocycles. The molecule has 6 heteroatoms. The number of fused-ring (bicyclic) bond motifs is 1. The Hall–Kier alpha value is -2.60. The molecule has 1 N–H and O–H groups in total. The van der Waals surface area contributed by atoms with E-state index in [9.17, 15) is 9.59 Å². The lowest BCUT2D eigenvalue weighted by Crippen LogP contribution is -2.29. The van der Waals surface area contributed by atoms with Gasteiger partial charge in [-0.25, -0.2) is 4.98 Å². The summed E-state index contributed by atoms with van der Waals surface area (Å²) in [5, 5.41) is 4.22. The van der Waals surface area contributed by atoms with Crippen LogP contribution >= 0.6 is 11.8 Å². The molecular weight excluding hydrogens is 370 g/mol. The van der Waals surface area contributed by atoms with E-state index >= 15 is 0 Å². The lowest BCUT2D eigenvalue weighted by atomic mass is 10.1. The molecule has 3 aromatic rings. The monoisotopic (exact) mass is 395 g/mol. The second kappa shape index (κ2) is 9.55. The molecule has 3 rings (SSSR count). The Labute approximate surface area is 169 Å². The van der Waals surface area contributed by atoms with E-state index in [2.05, 4.69) is 17.2 Å². The van der Waals surface area contributed by atoms with E-state index in [4.69, 9.17) is 0 Å². The van der Waals surface area contributed by atoms with Crippen molar-refractivity contribution in [3.05, 3.63) is 70.5 Å². The normalized spacial score (nSPS) is 12.1. The maximum Gasteiger partial charge on any atom is 0.262 e. The summed E-state index contributed by atoms with van der Waals surface area (Å²) in [4.78, 5) is 29.9. The summed E-state index contributed by atoms with van der Waals surface area (Å²) in [6.07, 6.45) is 1.88. The number of amides is 1. The largest absolute Gasteiger partial charge is 0.349 e. The third kappa shape index (κ3) is 4.81. The van der Waals surface area contributed by atoms with Crippen LogP contribution in [0.25, 0.3) is 10.9 Å². The van der Waals surface area contributed by atoms with E-state index in [1.807, 2.05) is 55.5 Å². The molecular formula is C22H25N3O2S. The van der Waals surface area contributed by atoms with E-state index in [1.54, 1.807) is 10.6 Å². The van der Waals surface area contributed by atoms with Crippen molar-refractivity contribution in [2.24, 2.45) is 0 Å². The second-order valence-corrected chi connectivity index (χ2v) is 7.65. The summed E-state index contributed by atoms with van der Waals surface area (Å²) in [6, 6.07) is 17.1. The summed E-state index contributed by atoms with van der Waals surface area (Å²) < 4.78 is 1.70. The van der Waals surface area contributed by atoms with Crippen molar-refractivity contribution in [2.45, 2.75) is 44.4 Å². The van der Waals surface area contributed by atoms with Gasteiger partial charge in [-0.3, -0.25) is 14.2 Å². The Morgan fingerprint density at radius 1 is 1.14 bits per heavy atom. The van der Waals surface area contributed by atoms with E-state index in [1.165, 1.54) is 11.8 Å². The minimum absolute atomic E-state index is 0.0420. The number of para-hydroxylation sites is 1. The zero-order valence-corrected chi connectivity index (χ0v) is 17.0. The van der Waals surface area contributed by atoms with Crippen LogP contribution in [0.4, 0.5) is 0 Å². The van der Waals surface area contributed by atoms with Crippen molar-refractivity contribution in [2.75, 3.05) is 5.75 Å². The summed E-state index contributed by atoms with van der Waals surface area (Å²) in [5.74, 6) is 0.138. The smallest absolute Gasteiger partial charge is 0.262 e. The molecule has 0 aliphatic heterocycles. The fourth-order valence-corrected chi connectivity index (χ4v) is 3.85. The van der Waals surface area contributed by atoms with Crippen molar-refractivity contribution in [1.29, 1.82) is 0 Å². The van der Waals surface area contributed by atoms with Crippen LogP contribution in [0.5, 0.6) is 0 Å². The van der Waals surface area contributed by atoms with Gasteiger partial charge in [0.15, 0.2) is 5.16 Å². The quantitative estimate of drug-likeness (QED) is 0.459. The highest BCUT2D eigenvalue weighted by Gasteiger charge is 2.14. The van der Waals surface area contributed by atoms with E-state index < -0.39 is 0 Å². The van der Waals surface area contributed by atoms with E-state index in [-0.39, 0.29) is 23.3 Å². The molecule has 0 spiro atoms. The van der Waals surface area contributed by atoms with Crippen molar-refractivity contribution in [3.63, 3.8) is 0 Å². The highest BCUT2D eigenvalue weighted by atomic mass is 32.2. The topological polar surface area (TPSA) is 64.0 Å². The van der Waals surface area contributed by atoms with Gasteiger partial charge in [-0.1, -0.05) is 67.6 Å². The Kier molecular flexibility index (Phi) is 6.87. The number of nitrogens with zero attached hydrogens (tertiary/aromatic N) is 2. The average Bonchev–Trinajstić information content (AvgIpc) is 2.72. The molecule has 0 unspecified atom stereocenters. The lowest BCUT2D eigenvalue weighted by molar-refractivity contribution is -0.119. The minimum Gasteiger partial charge on any atom is -0.349 e. The molecule has 28 heavy (non-hydrogen) atoms. The number of benzene rings is 2. The summed E-state index contributed by atoms with van der Waals surface area (Å²) >= 11 is 1.31. The van der Waals surface area contributed by atoms with Gasteiger partial charge < -0.3 is 5.32 Å². The number of nitrogens with one attached hydrogen (secondary N) is 1. The summed E-state index contributed by atoms with van der Waals surface area (Å²) in [6.45, 7) is 4.66. The number of carbonyl (C=O) groups excluding carboxylic acids is 1. The third-order valence-corrected chi connectivity index (χ3v) is 5.55. The number of rotatable bonds is 8. The van der Waals surface area contributed by atoms with Crippen molar-refractivity contribution in [3.8, 4) is 0 Å². The van der Waals surface area contributed by atoms with Gasteiger partial charge in [-0.15, -0.1) is 0 Å². The summed E-state index contributed by atoms with van der Waals surface area (Å²) in [5.41, 5.74) is 1.69. The van der Waals surface area contributed by atoms with Gasteiger partial charge in [0.2, 0.25) is 5.91 Å². The average molecular weight is 396 g/mol. The Morgan fingerprint density at radius 3 is 2.61 bits per heavy atom. The van der Waals surface area contributed by atoms with Crippen LogP contribution in [0.1, 0.15) is 38.3 Å². The standard InChI is InChI=1S/C22H25N3O2S/c1-3-4-14-25-21(27)18-12-8-9-13-19(18)24-22(25)28-15-20(26)23-16(2)17-10-6-5-7-11-17/h5-13,16H,3-4,14-15H2,1-2H3,(H,23,26)/t16-/m0/s1. The molecule has 146 valence electrons. The molecule has 1 aromatic heterocycles. The molecule has 1 amide bonds. The fourth-order valence-electron chi connectivity index (χ4n) is 3.01. The number of aromatic nitrogens is 2. The lowest BCUT2D eigenvalue weighted by Gasteiger charge is -2.15. The molecule has 0 aliphatic rings. The first-order valence-electron chi connectivity index (χ1n) is 9.57. The predicted octanol–water partition coefficient (Wildman–Crippen LogP) is 4.17. The first kappa shape index (κ1) is 20.1. The van der Waals surface area contributed by atoms with Crippen molar-refractivity contribution >= 4 is 28.6 Å². The molecule has 5 nitrogen and oxygen atoms in total. The molecule has 1 heterocycles. The zero-order valence-electron chi connectivity index (χ0n) is 16.2. The Morgan fingerprint density at radius 2 is 1.86 bits per heavy atom. The van der Waals surface area contributed by atoms with Crippen molar-refractivity contribution < 1.29 is 4.79 Å². The van der Waals surface area contributed by atoms with Crippen LogP contribution < -0.4 is 10.9 Å². The van der Waals surface area contributed by atoms with Gasteiger partial charge in [0.25, 0.3) is 5.56 Å². The first-order valence-corrected chi connectivity index (χ1v) is 10.6. The maximum atomic E-state index is 12.9. The molecule has 0 aliphatic carbocycles. The van der Waals surface area contributed by atoms with Gasteiger partial charge in [-0.05, 0) is 31.0 Å². The predicted molar refractivity (Wildman–Crippen MR) is 115 cm³/mol.